The maximum Gasteiger partial charge on any atom is 0.330 e. The maximum atomic E-state index is 13.1. The van der Waals surface area contributed by atoms with Crippen molar-refractivity contribution in [3.8, 4) is 11.5 Å². The van der Waals surface area contributed by atoms with Gasteiger partial charge in [-0.1, -0.05) is 36.4 Å². The lowest BCUT2D eigenvalue weighted by molar-refractivity contribution is -0.118. The number of nitrogens with zero attached hydrogens (tertiary/aromatic N) is 2. The van der Waals surface area contributed by atoms with Gasteiger partial charge in [-0.05, 0) is 36.6 Å². The van der Waals surface area contributed by atoms with Gasteiger partial charge in [0, 0.05) is 13.0 Å². The van der Waals surface area contributed by atoms with E-state index in [2.05, 4.69) is 4.98 Å². The first-order chi connectivity index (χ1) is 15.9. The zero-order chi connectivity index (χ0) is 24.0. The second-order valence-corrected chi connectivity index (χ2v) is 7.39. The van der Waals surface area contributed by atoms with E-state index in [-0.39, 0.29) is 36.9 Å². The van der Waals surface area contributed by atoms with Crippen molar-refractivity contribution in [2.75, 3.05) is 31.4 Å². The molecule has 9 nitrogen and oxygen atoms in total. The number of nitrogens with one attached hydrogen (secondary N) is 1. The minimum atomic E-state index is -0.692. The molecule has 0 saturated heterocycles. The number of amides is 1. The van der Waals surface area contributed by atoms with Gasteiger partial charge < -0.3 is 20.1 Å². The molecule has 1 amide bonds. The summed E-state index contributed by atoms with van der Waals surface area (Å²) >= 11 is 0. The summed E-state index contributed by atoms with van der Waals surface area (Å²) in [7, 11) is 3.10. The van der Waals surface area contributed by atoms with Crippen LogP contribution in [0.2, 0.25) is 0 Å². The Balaban J connectivity index is 1.86. The highest BCUT2D eigenvalue weighted by Crippen LogP contribution is 2.28. The monoisotopic (exact) mass is 452 g/mol. The van der Waals surface area contributed by atoms with Crippen molar-refractivity contribution in [1.29, 1.82) is 0 Å². The number of ether oxygens (including phenoxy) is 2. The van der Waals surface area contributed by atoms with Crippen molar-refractivity contribution >= 4 is 17.4 Å². The van der Waals surface area contributed by atoms with Gasteiger partial charge in [0.1, 0.15) is 5.82 Å². The van der Waals surface area contributed by atoms with Crippen molar-refractivity contribution < 1.29 is 14.3 Å². The molecule has 33 heavy (non-hydrogen) atoms. The summed E-state index contributed by atoms with van der Waals surface area (Å²) in [5.41, 5.74) is 6.62. The molecule has 3 N–H and O–H groups in total. The van der Waals surface area contributed by atoms with E-state index in [1.54, 1.807) is 27.2 Å². The Hall–Kier alpha value is -4.01. The number of benzene rings is 2. The average Bonchev–Trinajstić information content (AvgIpc) is 2.83. The number of aromatic nitrogens is 2. The standard InChI is InChI=1S/C24H28N4O5/c1-4-27(20(29)13-11-16-10-12-18(32-2)19(14-16)33-3)21-22(25)28(24(31)26-23(21)30)15-17-8-6-5-7-9-17/h5-10,12,14H,4,11,13,15,25H2,1-3H3,(H,26,30,31). The Morgan fingerprint density at radius 3 is 2.36 bits per heavy atom. The van der Waals surface area contributed by atoms with Crippen molar-refractivity contribution in [2.24, 2.45) is 0 Å². The average molecular weight is 453 g/mol. The lowest BCUT2D eigenvalue weighted by atomic mass is 10.1. The summed E-state index contributed by atoms with van der Waals surface area (Å²) in [5, 5.41) is 0. The Morgan fingerprint density at radius 1 is 1.03 bits per heavy atom. The Morgan fingerprint density at radius 2 is 1.73 bits per heavy atom. The normalized spacial score (nSPS) is 10.6. The Bertz CT molecular complexity index is 1230. The smallest absolute Gasteiger partial charge is 0.330 e. The lowest BCUT2D eigenvalue weighted by Crippen LogP contribution is -2.41. The summed E-state index contributed by atoms with van der Waals surface area (Å²) in [4.78, 5) is 41.7. The number of H-pyrrole nitrogens is 1. The number of carbonyl (C=O) groups excluding carboxylic acids is 1. The first-order valence-corrected chi connectivity index (χ1v) is 10.6. The molecule has 3 aromatic rings. The summed E-state index contributed by atoms with van der Waals surface area (Å²) in [6.07, 6.45) is 0.567. The molecular weight excluding hydrogens is 424 g/mol. The summed E-state index contributed by atoms with van der Waals surface area (Å²) in [6.45, 7) is 2.15. The van der Waals surface area contributed by atoms with Crippen LogP contribution in [0.25, 0.3) is 0 Å². The van der Waals surface area contributed by atoms with Gasteiger partial charge in [0.15, 0.2) is 17.2 Å². The molecule has 3 rings (SSSR count). The topological polar surface area (TPSA) is 120 Å². The molecule has 0 aliphatic rings. The number of aryl methyl sites for hydroxylation is 1. The third-order valence-corrected chi connectivity index (χ3v) is 5.36. The summed E-state index contributed by atoms with van der Waals surface area (Å²) < 4.78 is 11.8. The van der Waals surface area contributed by atoms with E-state index < -0.39 is 11.2 Å². The van der Waals surface area contributed by atoms with Crippen LogP contribution >= 0.6 is 0 Å². The van der Waals surface area contributed by atoms with Crippen LogP contribution in [0, 0.1) is 0 Å². The molecule has 0 unspecified atom stereocenters. The SMILES string of the molecule is CCN(C(=O)CCc1ccc(OC)c(OC)c1)c1c(N)n(Cc2ccccc2)c(=O)[nH]c1=O. The van der Waals surface area contributed by atoms with Crippen LogP contribution in [0.15, 0.2) is 58.1 Å². The first kappa shape index (κ1) is 23.6. The van der Waals surface area contributed by atoms with Crippen LogP contribution in [0.3, 0.4) is 0 Å². The molecule has 0 aliphatic carbocycles. The number of carbonyl (C=O) groups is 1. The molecule has 0 aliphatic heterocycles. The fraction of sp³-hybridized carbons (Fsp3) is 0.292. The second-order valence-electron chi connectivity index (χ2n) is 7.39. The Labute approximate surface area is 191 Å². The van der Waals surface area contributed by atoms with Gasteiger partial charge in [-0.3, -0.25) is 19.1 Å². The molecule has 2 aromatic carbocycles. The van der Waals surface area contributed by atoms with Crippen LogP contribution < -0.4 is 31.4 Å². The minimum absolute atomic E-state index is 0.0228. The van der Waals surface area contributed by atoms with Crippen LogP contribution in [0.1, 0.15) is 24.5 Å². The van der Waals surface area contributed by atoms with E-state index in [0.29, 0.717) is 17.9 Å². The number of anilines is 2. The van der Waals surface area contributed by atoms with Crippen LogP contribution in [-0.2, 0) is 17.8 Å². The third-order valence-electron chi connectivity index (χ3n) is 5.36. The minimum Gasteiger partial charge on any atom is -0.493 e. The molecule has 0 bridgehead atoms. The molecule has 1 heterocycles. The van der Waals surface area contributed by atoms with Crippen LogP contribution in [-0.4, -0.2) is 36.2 Å². The molecule has 1 aromatic heterocycles. The number of rotatable bonds is 9. The highest BCUT2D eigenvalue weighted by molar-refractivity contribution is 5.95. The predicted molar refractivity (Wildman–Crippen MR) is 127 cm³/mol. The molecule has 174 valence electrons. The fourth-order valence-electron chi connectivity index (χ4n) is 3.64. The number of aromatic amines is 1. The Kier molecular flexibility index (Phi) is 7.55. The van der Waals surface area contributed by atoms with Crippen molar-refractivity contribution in [1.82, 2.24) is 9.55 Å². The van der Waals surface area contributed by atoms with E-state index in [1.807, 2.05) is 42.5 Å². The zero-order valence-corrected chi connectivity index (χ0v) is 19.0. The molecule has 0 atom stereocenters. The molecule has 9 heteroatoms. The molecule has 0 saturated carbocycles. The predicted octanol–water partition coefficient (Wildman–Crippen LogP) is 2.17. The van der Waals surface area contributed by atoms with Gasteiger partial charge in [-0.25, -0.2) is 4.79 Å². The van der Waals surface area contributed by atoms with E-state index in [4.69, 9.17) is 15.2 Å². The third kappa shape index (κ3) is 5.25. The molecule has 0 spiro atoms. The van der Waals surface area contributed by atoms with Gasteiger partial charge in [-0.2, -0.15) is 0 Å². The van der Waals surface area contributed by atoms with E-state index in [9.17, 15) is 14.4 Å². The van der Waals surface area contributed by atoms with Gasteiger partial charge >= 0.3 is 5.69 Å². The highest BCUT2D eigenvalue weighted by atomic mass is 16.5. The van der Waals surface area contributed by atoms with E-state index >= 15 is 0 Å². The quantitative estimate of drug-likeness (QED) is 0.514. The van der Waals surface area contributed by atoms with Crippen molar-refractivity contribution in [3.05, 3.63) is 80.5 Å². The van der Waals surface area contributed by atoms with Gasteiger partial charge in [0.05, 0.1) is 20.8 Å². The second kappa shape index (κ2) is 10.5. The number of nitrogen functional groups attached to an aromatic ring is 1. The molecule has 0 fully saturated rings. The summed E-state index contributed by atoms with van der Waals surface area (Å²) in [6, 6.07) is 14.7. The van der Waals surface area contributed by atoms with E-state index in [1.165, 1.54) is 9.47 Å². The van der Waals surface area contributed by atoms with Gasteiger partial charge in [0.2, 0.25) is 5.91 Å². The number of hydrogen-bond acceptors (Lipinski definition) is 6. The fourth-order valence-corrected chi connectivity index (χ4v) is 3.64. The largest absolute Gasteiger partial charge is 0.493 e. The van der Waals surface area contributed by atoms with Crippen LogP contribution in [0.4, 0.5) is 11.5 Å². The van der Waals surface area contributed by atoms with E-state index in [0.717, 1.165) is 11.1 Å². The van der Waals surface area contributed by atoms with Crippen LogP contribution in [0.5, 0.6) is 11.5 Å². The van der Waals surface area contributed by atoms with Crippen molar-refractivity contribution in [2.45, 2.75) is 26.3 Å². The zero-order valence-electron chi connectivity index (χ0n) is 19.0. The summed E-state index contributed by atoms with van der Waals surface area (Å²) in [5.74, 6) is 0.842. The molecular formula is C24H28N4O5. The van der Waals surface area contributed by atoms with Crippen molar-refractivity contribution in [3.63, 3.8) is 0 Å². The number of methoxy groups -OCH3 is 2. The highest BCUT2D eigenvalue weighted by Gasteiger charge is 2.23. The van der Waals surface area contributed by atoms with Gasteiger partial charge in [0.25, 0.3) is 5.56 Å². The van der Waals surface area contributed by atoms with Gasteiger partial charge in [-0.15, -0.1) is 0 Å². The first-order valence-electron chi connectivity index (χ1n) is 10.6. The molecule has 0 radical (unpaired) electrons. The number of hydrogen-bond donors (Lipinski definition) is 2. The lowest BCUT2D eigenvalue weighted by Gasteiger charge is -2.23. The maximum absolute atomic E-state index is 13.1. The number of nitrogens with two attached hydrogens (primary N) is 1.